The molecule has 0 amide bonds. The van der Waals surface area contributed by atoms with Crippen LogP contribution in [0, 0.1) is 116 Å². The van der Waals surface area contributed by atoms with E-state index < -0.39 is 0 Å². The maximum Gasteiger partial charge on any atom is 0.139 e. The van der Waals surface area contributed by atoms with Gasteiger partial charge in [0.25, 0.3) is 0 Å². The van der Waals surface area contributed by atoms with Gasteiger partial charge in [0.15, 0.2) is 0 Å². The number of aliphatic hydroxyl groups is 2. The fraction of sp³-hybridized carbons (Fsp3) is 0.960. The number of aliphatic hydroxyl groups excluding tert-OH is 2. The van der Waals surface area contributed by atoms with Crippen LogP contribution in [0.5, 0.6) is 0 Å². The molecule has 12 fully saturated rings. The molecule has 22 atom stereocenters. The van der Waals surface area contributed by atoms with Crippen LogP contribution in [0.3, 0.4) is 0 Å². The van der Waals surface area contributed by atoms with Crippen LogP contribution in [0.4, 0.5) is 0 Å². The SMILES string of the molecule is C.C.CC1CC2C3CC(=O)C(C)(C3)C2C1.CC1CC2C3CC(O)C(C)(C3)C2C1.CC1CCC2C3CC(=O)C(C)(C3)C12.CC1CCC2C3CC(O)C(C)(C3)C12.[HH]. The molecule has 22 unspecified atom stereocenters. The Kier molecular flexibility index (Phi) is 10.7. The van der Waals surface area contributed by atoms with Gasteiger partial charge in [0, 0.05) is 25.1 Å². The van der Waals surface area contributed by atoms with Crippen molar-refractivity contribution in [1.29, 1.82) is 0 Å². The van der Waals surface area contributed by atoms with Gasteiger partial charge in [-0.2, -0.15) is 0 Å². The predicted molar refractivity (Wildman–Crippen MR) is 222 cm³/mol. The molecule has 12 aliphatic carbocycles. The molecule has 0 saturated heterocycles. The van der Waals surface area contributed by atoms with Gasteiger partial charge in [-0.1, -0.05) is 83.1 Å². The monoisotopic (exact) mass is 751 g/mol. The van der Waals surface area contributed by atoms with Crippen molar-refractivity contribution in [3.05, 3.63) is 0 Å². The van der Waals surface area contributed by atoms with E-state index in [1.807, 2.05) is 0 Å². The number of hydrogen-bond acceptors (Lipinski definition) is 4. The number of hydrogen-bond donors (Lipinski definition) is 2. The highest BCUT2D eigenvalue weighted by Gasteiger charge is 2.65. The minimum atomic E-state index is 0. The molecule has 12 aliphatic rings. The predicted octanol–water partition coefficient (Wildman–Crippen LogP) is 11.7. The lowest BCUT2D eigenvalue weighted by Crippen LogP contribution is -2.39. The standard InChI is InChI=1S/C12H20O.C12H18O.C12H20O.C12H18O.2CH4.H2/c2*1-7-3-9-8-5-11(13)12(2,6-8)10(9)4-7;2*1-7-3-4-9-8-5-10(13)12(2,6-8)11(7)9;;;/h7-11,13H,3-6H2,1-2H3;7-10H,3-6H2,1-2H3;7-11,13H,3-6H2,1-2H3;7-9,11H,3-6H2,1-2H3;2*1H4;1H. The topological polar surface area (TPSA) is 74.6 Å². The second kappa shape index (κ2) is 13.9. The highest BCUT2D eigenvalue weighted by atomic mass is 16.3. The summed E-state index contributed by atoms with van der Waals surface area (Å²) in [6, 6.07) is 0. The summed E-state index contributed by atoms with van der Waals surface area (Å²) in [7, 11) is 0. The van der Waals surface area contributed by atoms with Crippen molar-refractivity contribution in [2.75, 3.05) is 0 Å². The van der Waals surface area contributed by atoms with E-state index in [0.717, 1.165) is 120 Å². The molecule has 0 radical (unpaired) electrons. The molecule has 0 aromatic rings. The van der Waals surface area contributed by atoms with Gasteiger partial charge >= 0.3 is 0 Å². The lowest BCUT2D eigenvalue weighted by Gasteiger charge is -2.39. The molecule has 0 aromatic carbocycles. The first-order valence-electron chi connectivity index (χ1n) is 22.9. The second-order valence-corrected chi connectivity index (χ2v) is 23.6. The van der Waals surface area contributed by atoms with Gasteiger partial charge in [-0.3, -0.25) is 9.59 Å². The summed E-state index contributed by atoms with van der Waals surface area (Å²) in [6.07, 6.45) is 20.3. The Labute approximate surface area is 333 Å². The first-order chi connectivity index (χ1) is 24.5. The molecule has 0 aliphatic heterocycles. The first kappa shape index (κ1) is 41.4. The van der Waals surface area contributed by atoms with Crippen LogP contribution in [0.25, 0.3) is 0 Å². The van der Waals surface area contributed by atoms with Gasteiger partial charge in [-0.05, 0) is 183 Å². The van der Waals surface area contributed by atoms with E-state index in [9.17, 15) is 19.8 Å². The van der Waals surface area contributed by atoms with E-state index >= 15 is 0 Å². The van der Waals surface area contributed by atoms with Gasteiger partial charge in [0.05, 0.1) is 12.2 Å². The molecule has 12 rings (SSSR count). The molecule has 8 bridgehead atoms. The molecule has 0 spiro atoms. The maximum atomic E-state index is 11.8. The van der Waals surface area contributed by atoms with Gasteiger partial charge in [-0.25, -0.2) is 0 Å². The minimum absolute atomic E-state index is 0. The molecule has 4 nitrogen and oxygen atoms in total. The van der Waals surface area contributed by atoms with Crippen molar-refractivity contribution in [2.45, 2.75) is 185 Å². The van der Waals surface area contributed by atoms with Crippen molar-refractivity contribution >= 4 is 11.6 Å². The number of carbonyl (C=O) groups is 2. The van der Waals surface area contributed by atoms with Gasteiger partial charge < -0.3 is 10.2 Å². The van der Waals surface area contributed by atoms with Crippen molar-refractivity contribution in [3.8, 4) is 0 Å². The zero-order valence-electron chi connectivity index (χ0n) is 34.4. The summed E-state index contributed by atoms with van der Waals surface area (Å²) in [5.74, 6) is 14.9. The zero-order chi connectivity index (χ0) is 36.9. The van der Waals surface area contributed by atoms with E-state index in [1.165, 1.54) is 77.0 Å². The highest BCUT2D eigenvalue weighted by Crippen LogP contribution is 2.69. The van der Waals surface area contributed by atoms with Crippen LogP contribution >= 0.6 is 0 Å². The van der Waals surface area contributed by atoms with Crippen LogP contribution in [0.1, 0.15) is 174 Å². The van der Waals surface area contributed by atoms with Crippen molar-refractivity contribution in [1.82, 2.24) is 0 Å². The number of ketones is 2. The van der Waals surface area contributed by atoms with Crippen LogP contribution in [0.15, 0.2) is 0 Å². The number of Topliss-reactive ketones (excluding diaryl/α,β-unsaturated/α-hetero) is 2. The maximum absolute atomic E-state index is 11.8. The van der Waals surface area contributed by atoms with Gasteiger partial charge in [-0.15, -0.1) is 0 Å². The summed E-state index contributed by atoms with van der Waals surface area (Å²) in [6.45, 7) is 18.6. The van der Waals surface area contributed by atoms with Crippen molar-refractivity contribution in [3.63, 3.8) is 0 Å². The Balaban J connectivity index is 0.000000122. The summed E-state index contributed by atoms with van der Waals surface area (Å²) in [5.41, 5.74) is 0.816. The third-order valence-electron chi connectivity index (χ3n) is 20.9. The average Bonchev–Trinajstić information content (AvgIpc) is 3.91. The quantitative estimate of drug-likeness (QED) is 0.258. The highest BCUT2D eigenvalue weighted by molar-refractivity contribution is 5.89. The fourth-order valence-electron chi connectivity index (χ4n) is 18.7. The summed E-state index contributed by atoms with van der Waals surface area (Å²) >= 11 is 0. The molecule has 0 heterocycles. The minimum Gasteiger partial charge on any atom is -0.393 e. The Morgan fingerprint density at radius 2 is 0.944 bits per heavy atom. The summed E-state index contributed by atoms with van der Waals surface area (Å²) < 4.78 is 0. The van der Waals surface area contributed by atoms with Crippen LogP contribution < -0.4 is 0 Å². The van der Waals surface area contributed by atoms with Crippen LogP contribution in [-0.4, -0.2) is 34.0 Å². The first-order valence-corrected chi connectivity index (χ1v) is 22.9. The number of rotatable bonds is 0. The third-order valence-corrected chi connectivity index (χ3v) is 20.9. The fourth-order valence-corrected chi connectivity index (χ4v) is 18.7. The van der Waals surface area contributed by atoms with E-state index in [1.54, 1.807) is 0 Å². The lowest BCUT2D eigenvalue weighted by atomic mass is 9.68. The zero-order valence-corrected chi connectivity index (χ0v) is 34.4. The van der Waals surface area contributed by atoms with Crippen molar-refractivity contribution < 1.29 is 21.2 Å². The molecular weight excluding hydrogens is 665 g/mol. The Bertz CT molecular complexity index is 1440. The second-order valence-electron chi connectivity index (χ2n) is 23.6. The lowest BCUT2D eigenvalue weighted by molar-refractivity contribution is -0.130. The average molecular weight is 751 g/mol. The van der Waals surface area contributed by atoms with E-state index in [4.69, 9.17) is 0 Å². The molecule has 12 saturated carbocycles. The molecule has 2 N–H and O–H groups in total. The van der Waals surface area contributed by atoms with Gasteiger partial charge in [0.2, 0.25) is 0 Å². The largest absolute Gasteiger partial charge is 0.393 e. The smallest absolute Gasteiger partial charge is 0.139 e. The molecule has 54 heavy (non-hydrogen) atoms. The normalized spacial score (nSPS) is 59.3. The van der Waals surface area contributed by atoms with E-state index in [0.29, 0.717) is 22.4 Å². The van der Waals surface area contributed by atoms with Crippen LogP contribution in [0.2, 0.25) is 0 Å². The number of fused-ring (bicyclic) bond motifs is 20. The number of carbonyl (C=O) groups excluding carboxylic acids is 2. The Hall–Kier alpha value is -0.740. The Morgan fingerprint density at radius 3 is 1.57 bits per heavy atom. The summed E-state index contributed by atoms with van der Waals surface area (Å²) in [4.78, 5) is 23.7. The van der Waals surface area contributed by atoms with Crippen LogP contribution in [-0.2, 0) is 9.59 Å². The summed E-state index contributed by atoms with van der Waals surface area (Å²) in [5, 5.41) is 20.1. The third kappa shape index (κ3) is 5.81. The molecular formula is C50H86O4. The molecule has 310 valence electrons. The Morgan fingerprint density at radius 1 is 0.500 bits per heavy atom. The van der Waals surface area contributed by atoms with Crippen molar-refractivity contribution in [2.24, 2.45) is 116 Å². The van der Waals surface area contributed by atoms with E-state index in [2.05, 4.69) is 55.4 Å². The van der Waals surface area contributed by atoms with Gasteiger partial charge in [0.1, 0.15) is 11.6 Å². The van der Waals surface area contributed by atoms with E-state index in [-0.39, 0.29) is 39.3 Å². The molecule has 4 heteroatoms. The molecule has 0 aromatic heterocycles.